The predicted molar refractivity (Wildman–Crippen MR) is 57.3 cm³/mol. The fourth-order valence-electron chi connectivity index (χ4n) is 1.44. The van der Waals surface area contributed by atoms with Crippen LogP contribution in [-0.2, 0) is 0 Å². The highest BCUT2D eigenvalue weighted by atomic mass is 19.4. The monoisotopic (exact) mass is 303 g/mol. The summed E-state index contributed by atoms with van der Waals surface area (Å²) in [6.07, 6.45) is -10.0. The predicted octanol–water partition coefficient (Wildman–Crippen LogP) is 3.76. The smallest absolute Gasteiger partial charge is 0.406 e. The van der Waals surface area contributed by atoms with E-state index in [-0.39, 0.29) is 5.56 Å². The van der Waals surface area contributed by atoms with Crippen LogP contribution in [0.15, 0.2) is 18.2 Å². The normalized spacial score (nSPS) is 14.0. The van der Waals surface area contributed by atoms with Gasteiger partial charge in [0.1, 0.15) is 11.5 Å². The van der Waals surface area contributed by atoms with Crippen molar-refractivity contribution in [3.8, 4) is 11.5 Å². The Morgan fingerprint density at radius 3 is 2.00 bits per heavy atom. The second-order valence-electron chi connectivity index (χ2n) is 3.81. The Morgan fingerprint density at radius 1 is 1.00 bits per heavy atom. The van der Waals surface area contributed by atoms with E-state index >= 15 is 0 Å². The van der Waals surface area contributed by atoms with Crippen LogP contribution in [0.1, 0.15) is 18.5 Å². The molecule has 9 heteroatoms. The highest BCUT2D eigenvalue weighted by molar-refractivity contribution is 5.42. The molecule has 1 N–H and O–H groups in total. The first-order valence-corrected chi connectivity index (χ1v) is 5.34. The van der Waals surface area contributed by atoms with Gasteiger partial charge in [-0.1, -0.05) is 6.07 Å². The van der Waals surface area contributed by atoms with Crippen molar-refractivity contribution in [3.05, 3.63) is 23.8 Å². The van der Waals surface area contributed by atoms with E-state index in [4.69, 9.17) is 0 Å². The average molecular weight is 303 g/mol. The molecule has 1 unspecified atom stereocenters. The summed E-state index contributed by atoms with van der Waals surface area (Å²) < 4.78 is 80.2. The third-order valence-electron chi connectivity index (χ3n) is 2.34. The van der Waals surface area contributed by atoms with E-state index in [1.54, 1.807) is 0 Å². The fourth-order valence-corrected chi connectivity index (χ4v) is 1.44. The average Bonchev–Trinajstić information content (AvgIpc) is 2.24. The molecule has 1 rings (SSSR count). The summed E-state index contributed by atoms with van der Waals surface area (Å²) in [5.41, 5.74) is 0.0550. The van der Waals surface area contributed by atoms with Crippen molar-refractivity contribution in [2.24, 2.45) is 0 Å². The maximum absolute atomic E-state index is 12.3. The van der Waals surface area contributed by atoms with Gasteiger partial charge < -0.3 is 14.8 Å². The summed E-state index contributed by atoms with van der Waals surface area (Å²) >= 11 is 0. The van der Waals surface area contributed by atoms with Gasteiger partial charge in [-0.15, -0.1) is 26.3 Å². The first kappa shape index (κ1) is 16.4. The summed E-state index contributed by atoms with van der Waals surface area (Å²) in [4.78, 5) is 0. The molecule has 1 atom stereocenters. The molecule has 0 saturated heterocycles. The molecular weight excluding hydrogens is 292 g/mol. The van der Waals surface area contributed by atoms with Crippen LogP contribution in [-0.4, -0.2) is 19.8 Å². The van der Waals surface area contributed by atoms with Gasteiger partial charge in [-0.05, 0) is 20.0 Å². The van der Waals surface area contributed by atoms with E-state index in [1.807, 2.05) is 0 Å². The van der Waals surface area contributed by atoms with Crippen LogP contribution in [0.5, 0.6) is 11.5 Å². The third-order valence-corrected chi connectivity index (χ3v) is 2.34. The van der Waals surface area contributed by atoms with Gasteiger partial charge in [0.2, 0.25) is 0 Å². The Kier molecular flexibility index (Phi) is 4.74. The molecule has 1 aromatic carbocycles. The summed E-state index contributed by atoms with van der Waals surface area (Å²) in [6.45, 7) is 1.53. The molecule has 0 heterocycles. The number of ether oxygens (including phenoxy) is 2. The highest BCUT2D eigenvalue weighted by Gasteiger charge is 2.34. The standard InChI is InChI=1S/C11H11F6NO2/c1-6(18-2)8-4-3-7(19-10(12,13)14)5-9(8)20-11(15,16)17/h3-6,18H,1-2H3. The Labute approximate surface area is 110 Å². The van der Waals surface area contributed by atoms with Gasteiger partial charge >= 0.3 is 12.7 Å². The molecule has 0 radical (unpaired) electrons. The zero-order valence-corrected chi connectivity index (χ0v) is 10.4. The van der Waals surface area contributed by atoms with Gasteiger partial charge in [0, 0.05) is 17.7 Å². The zero-order valence-electron chi connectivity index (χ0n) is 10.4. The Balaban J connectivity index is 3.14. The van der Waals surface area contributed by atoms with Gasteiger partial charge in [-0.25, -0.2) is 0 Å². The maximum Gasteiger partial charge on any atom is 0.573 e. The van der Waals surface area contributed by atoms with Crippen LogP contribution in [0.2, 0.25) is 0 Å². The zero-order chi connectivity index (χ0) is 15.6. The first-order valence-electron chi connectivity index (χ1n) is 5.34. The lowest BCUT2D eigenvalue weighted by Gasteiger charge is -2.19. The first-order chi connectivity index (χ1) is 9.02. The molecule has 114 valence electrons. The lowest BCUT2D eigenvalue weighted by atomic mass is 10.1. The number of benzene rings is 1. The quantitative estimate of drug-likeness (QED) is 0.859. The molecule has 3 nitrogen and oxygen atoms in total. The molecule has 0 aromatic heterocycles. The van der Waals surface area contributed by atoms with E-state index in [9.17, 15) is 26.3 Å². The van der Waals surface area contributed by atoms with Crippen molar-refractivity contribution < 1.29 is 35.8 Å². The van der Waals surface area contributed by atoms with Crippen molar-refractivity contribution in [1.29, 1.82) is 0 Å². The van der Waals surface area contributed by atoms with E-state index in [0.717, 1.165) is 12.1 Å². The Morgan fingerprint density at radius 2 is 1.55 bits per heavy atom. The van der Waals surface area contributed by atoms with E-state index in [1.165, 1.54) is 14.0 Å². The minimum atomic E-state index is -5.01. The molecule has 0 aliphatic carbocycles. The number of hydrogen-bond acceptors (Lipinski definition) is 3. The van der Waals surface area contributed by atoms with Gasteiger partial charge in [0.25, 0.3) is 0 Å². The SMILES string of the molecule is CNC(C)c1ccc(OC(F)(F)F)cc1OC(F)(F)F. The van der Waals surface area contributed by atoms with Crippen molar-refractivity contribution in [2.45, 2.75) is 25.7 Å². The van der Waals surface area contributed by atoms with Gasteiger partial charge in [0.05, 0.1) is 0 Å². The lowest BCUT2D eigenvalue weighted by molar-refractivity contribution is -0.276. The summed E-state index contributed by atoms with van der Waals surface area (Å²) in [5, 5.41) is 2.66. The van der Waals surface area contributed by atoms with Crippen LogP contribution < -0.4 is 14.8 Å². The molecule has 1 aromatic rings. The van der Waals surface area contributed by atoms with Gasteiger partial charge in [-0.3, -0.25) is 0 Å². The second-order valence-corrected chi connectivity index (χ2v) is 3.81. The van der Waals surface area contributed by atoms with Crippen LogP contribution >= 0.6 is 0 Å². The van der Waals surface area contributed by atoms with Crippen LogP contribution in [0.3, 0.4) is 0 Å². The summed E-state index contributed by atoms with van der Waals surface area (Å²) in [6, 6.07) is 1.99. The lowest BCUT2D eigenvalue weighted by Crippen LogP contribution is -2.21. The third kappa shape index (κ3) is 5.16. The van der Waals surface area contributed by atoms with Crippen LogP contribution in [0.4, 0.5) is 26.3 Å². The van der Waals surface area contributed by atoms with Crippen LogP contribution in [0, 0.1) is 0 Å². The molecular formula is C11H11F6NO2. The Bertz CT molecular complexity index is 457. The molecule has 0 aliphatic heterocycles. The molecule has 0 bridgehead atoms. The number of halogens is 6. The summed E-state index contributed by atoms with van der Waals surface area (Å²) in [5.74, 6) is -1.54. The molecule has 0 aliphatic rings. The second kappa shape index (κ2) is 5.78. The van der Waals surface area contributed by atoms with E-state index in [0.29, 0.717) is 6.07 Å². The maximum atomic E-state index is 12.3. The van der Waals surface area contributed by atoms with Crippen molar-refractivity contribution >= 4 is 0 Å². The van der Waals surface area contributed by atoms with E-state index < -0.39 is 30.3 Å². The molecule has 0 saturated carbocycles. The molecule has 0 fully saturated rings. The molecule has 20 heavy (non-hydrogen) atoms. The van der Waals surface area contributed by atoms with Crippen molar-refractivity contribution in [2.75, 3.05) is 7.05 Å². The fraction of sp³-hybridized carbons (Fsp3) is 0.455. The van der Waals surface area contributed by atoms with Gasteiger partial charge in [0.15, 0.2) is 0 Å². The van der Waals surface area contributed by atoms with Crippen molar-refractivity contribution in [3.63, 3.8) is 0 Å². The highest BCUT2D eigenvalue weighted by Crippen LogP contribution is 2.35. The largest absolute Gasteiger partial charge is 0.573 e. The van der Waals surface area contributed by atoms with Crippen molar-refractivity contribution in [1.82, 2.24) is 5.32 Å². The minimum absolute atomic E-state index is 0.0550. The van der Waals surface area contributed by atoms with Crippen LogP contribution in [0.25, 0.3) is 0 Å². The molecule has 0 amide bonds. The van der Waals surface area contributed by atoms with Gasteiger partial charge in [-0.2, -0.15) is 0 Å². The number of rotatable bonds is 4. The molecule has 0 spiro atoms. The number of nitrogens with one attached hydrogen (secondary N) is 1. The Hall–Kier alpha value is -1.64. The summed E-state index contributed by atoms with van der Waals surface area (Å²) in [7, 11) is 1.49. The van der Waals surface area contributed by atoms with E-state index in [2.05, 4.69) is 14.8 Å². The minimum Gasteiger partial charge on any atom is -0.406 e. The topological polar surface area (TPSA) is 30.5 Å². The number of hydrogen-bond donors (Lipinski definition) is 1. The number of alkyl halides is 6.